The molecule has 0 saturated carbocycles. The molecular weight excluding hydrogens is 378 g/mol. The Bertz CT molecular complexity index is 388. The first-order chi connectivity index (χ1) is 15.2. The minimum absolute atomic E-state index is 0.407. The van der Waals surface area contributed by atoms with E-state index in [4.69, 9.17) is 0 Å². The Morgan fingerprint density at radius 2 is 0.968 bits per heavy atom. The number of hydrogen-bond donors (Lipinski definition) is 0. The molecular formula is C29H57NO. The molecule has 0 bridgehead atoms. The van der Waals surface area contributed by atoms with Crippen LogP contribution >= 0.6 is 0 Å². The molecule has 0 aromatic rings. The van der Waals surface area contributed by atoms with Crippen molar-refractivity contribution in [2.75, 3.05) is 13.1 Å². The average Bonchev–Trinajstić information content (AvgIpc) is 3.32. The highest BCUT2D eigenvalue weighted by atomic mass is 16.2. The van der Waals surface area contributed by atoms with Crippen LogP contribution < -0.4 is 0 Å². The molecule has 1 rings (SSSR count). The van der Waals surface area contributed by atoms with E-state index >= 15 is 0 Å². The maximum Gasteiger partial charge on any atom is 0.222 e. The van der Waals surface area contributed by atoms with Gasteiger partial charge in [-0.2, -0.15) is 0 Å². The number of unbranched alkanes of at least 4 members (excludes halogenated alkanes) is 17. The number of likely N-dealkylation sites (tertiary alicyclic amines) is 1. The normalized spacial score (nSPS) is 15.0. The summed E-state index contributed by atoms with van der Waals surface area (Å²) in [6, 6.07) is 0. The van der Waals surface area contributed by atoms with Crippen LogP contribution in [0.4, 0.5) is 0 Å². The Labute approximate surface area is 196 Å². The van der Waals surface area contributed by atoms with Crippen molar-refractivity contribution in [1.29, 1.82) is 0 Å². The molecule has 1 aliphatic rings. The van der Waals surface area contributed by atoms with Gasteiger partial charge < -0.3 is 4.90 Å². The van der Waals surface area contributed by atoms with Crippen LogP contribution in [0.5, 0.6) is 0 Å². The van der Waals surface area contributed by atoms with Crippen LogP contribution in [0.1, 0.15) is 162 Å². The highest BCUT2D eigenvalue weighted by Crippen LogP contribution is 2.17. The van der Waals surface area contributed by atoms with E-state index in [1.165, 1.54) is 135 Å². The second-order valence-electron chi connectivity index (χ2n) is 10.5. The number of amides is 1. The van der Waals surface area contributed by atoms with Crippen molar-refractivity contribution in [1.82, 2.24) is 4.90 Å². The van der Waals surface area contributed by atoms with Gasteiger partial charge in [-0.05, 0) is 25.2 Å². The zero-order valence-corrected chi connectivity index (χ0v) is 21.6. The summed E-state index contributed by atoms with van der Waals surface area (Å²) in [4.78, 5) is 14.0. The van der Waals surface area contributed by atoms with Crippen molar-refractivity contribution in [2.45, 2.75) is 162 Å². The van der Waals surface area contributed by atoms with Crippen molar-refractivity contribution >= 4 is 5.91 Å². The largest absolute Gasteiger partial charge is 0.343 e. The molecule has 31 heavy (non-hydrogen) atoms. The van der Waals surface area contributed by atoms with Gasteiger partial charge in [0.05, 0.1) is 0 Å². The Morgan fingerprint density at radius 1 is 0.613 bits per heavy atom. The zero-order chi connectivity index (χ0) is 22.4. The van der Waals surface area contributed by atoms with Crippen molar-refractivity contribution < 1.29 is 4.79 Å². The summed E-state index contributed by atoms with van der Waals surface area (Å²) in [6.45, 7) is 6.73. The lowest BCUT2D eigenvalue weighted by molar-refractivity contribution is -0.130. The van der Waals surface area contributed by atoms with Gasteiger partial charge in [-0.25, -0.2) is 0 Å². The number of carbonyl (C=O) groups excluding carboxylic acids is 1. The molecule has 1 atom stereocenters. The SMILES string of the molecule is CCC(C)CCCCCCCCCCCCCCCCCCCCC(=O)N1CCCC1. The van der Waals surface area contributed by atoms with Gasteiger partial charge in [0.2, 0.25) is 5.91 Å². The summed E-state index contributed by atoms with van der Waals surface area (Å²) >= 11 is 0. The quantitative estimate of drug-likeness (QED) is 0.155. The Kier molecular flexibility index (Phi) is 19.6. The van der Waals surface area contributed by atoms with E-state index in [0.717, 1.165) is 31.8 Å². The molecule has 0 radical (unpaired) electrons. The van der Waals surface area contributed by atoms with E-state index in [1.54, 1.807) is 0 Å². The van der Waals surface area contributed by atoms with Crippen LogP contribution in [0.25, 0.3) is 0 Å². The van der Waals surface area contributed by atoms with Gasteiger partial charge >= 0.3 is 0 Å². The number of carbonyl (C=O) groups is 1. The van der Waals surface area contributed by atoms with Crippen molar-refractivity contribution in [3.63, 3.8) is 0 Å². The van der Waals surface area contributed by atoms with Gasteiger partial charge in [-0.3, -0.25) is 4.79 Å². The molecule has 2 nitrogen and oxygen atoms in total. The summed E-state index contributed by atoms with van der Waals surface area (Å²) in [6.07, 6.45) is 31.4. The van der Waals surface area contributed by atoms with Gasteiger partial charge in [0, 0.05) is 19.5 Å². The molecule has 1 amide bonds. The summed E-state index contributed by atoms with van der Waals surface area (Å²) in [5, 5.41) is 0. The Balaban J connectivity index is 1.67. The van der Waals surface area contributed by atoms with Crippen molar-refractivity contribution in [2.24, 2.45) is 5.92 Å². The Hall–Kier alpha value is -0.530. The van der Waals surface area contributed by atoms with E-state index in [2.05, 4.69) is 18.7 Å². The molecule has 2 heteroatoms. The fraction of sp³-hybridized carbons (Fsp3) is 0.966. The molecule has 1 fully saturated rings. The molecule has 0 N–H and O–H groups in total. The van der Waals surface area contributed by atoms with Crippen LogP contribution in [0.2, 0.25) is 0 Å². The smallest absolute Gasteiger partial charge is 0.222 e. The van der Waals surface area contributed by atoms with Crippen LogP contribution in [-0.4, -0.2) is 23.9 Å². The van der Waals surface area contributed by atoms with Gasteiger partial charge in [-0.1, -0.05) is 136 Å². The van der Waals surface area contributed by atoms with Gasteiger partial charge in [0.15, 0.2) is 0 Å². The maximum absolute atomic E-state index is 12.0. The first-order valence-electron chi connectivity index (χ1n) is 14.5. The molecule has 0 aromatic heterocycles. The molecule has 0 aromatic carbocycles. The van der Waals surface area contributed by atoms with Crippen LogP contribution in [-0.2, 0) is 4.79 Å². The van der Waals surface area contributed by atoms with E-state index in [1.807, 2.05) is 0 Å². The van der Waals surface area contributed by atoms with Gasteiger partial charge in [0.25, 0.3) is 0 Å². The summed E-state index contributed by atoms with van der Waals surface area (Å²) < 4.78 is 0. The second-order valence-corrected chi connectivity index (χ2v) is 10.5. The maximum atomic E-state index is 12.0. The van der Waals surface area contributed by atoms with Gasteiger partial charge in [-0.15, -0.1) is 0 Å². The minimum atomic E-state index is 0.407. The topological polar surface area (TPSA) is 20.3 Å². The van der Waals surface area contributed by atoms with Gasteiger partial charge in [0.1, 0.15) is 0 Å². The molecule has 0 aliphatic carbocycles. The molecule has 1 saturated heterocycles. The summed E-state index contributed by atoms with van der Waals surface area (Å²) in [5.41, 5.74) is 0. The standard InChI is InChI=1S/C29H57NO/c1-3-28(2)24-20-18-16-14-12-10-8-6-4-5-7-9-11-13-15-17-19-21-25-29(31)30-26-22-23-27-30/h28H,3-27H2,1-2H3. The lowest BCUT2D eigenvalue weighted by Crippen LogP contribution is -2.27. The zero-order valence-electron chi connectivity index (χ0n) is 21.6. The summed E-state index contributed by atoms with van der Waals surface area (Å²) in [5.74, 6) is 1.34. The fourth-order valence-corrected chi connectivity index (χ4v) is 4.93. The predicted molar refractivity (Wildman–Crippen MR) is 138 cm³/mol. The van der Waals surface area contributed by atoms with Crippen LogP contribution in [0.3, 0.4) is 0 Å². The lowest BCUT2D eigenvalue weighted by atomic mass is 9.99. The first kappa shape index (κ1) is 28.5. The molecule has 0 spiro atoms. The Morgan fingerprint density at radius 3 is 1.35 bits per heavy atom. The van der Waals surface area contributed by atoms with Crippen molar-refractivity contribution in [3.8, 4) is 0 Å². The third-order valence-corrected chi connectivity index (χ3v) is 7.49. The van der Waals surface area contributed by atoms with Crippen LogP contribution in [0.15, 0.2) is 0 Å². The minimum Gasteiger partial charge on any atom is -0.343 e. The van der Waals surface area contributed by atoms with E-state index in [-0.39, 0.29) is 0 Å². The van der Waals surface area contributed by atoms with Crippen molar-refractivity contribution in [3.05, 3.63) is 0 Å². The van der Waals surface area contributed by atoms with Crippen LogP contribution in [0, 0.1) is 5.92 Å². The highest BCUT2D eigenvalue weighted by Gasteiger charge is 2.16. The highest BCUT2D eigenvalue weighted by molar-refractivity contribution is 5.76. The third-order valence-electron chi connectivity index (χ3n) is 7.49. The first-order valence-corrected chi connectivity index (χ1v) is 14.5. The molecule has 1 unspecified atom stereocenters. The third kappa shape index (κ3) is 17.7. The lowest BCUT2D eigenvalue weighted by Gasteiger charge is -2.14. The number of rotatable bonds is 22. The molecule has 1 heterocycles. The van der Waals surface area contributed by atoms with E-state index in [0.29, 0.717) is 5.91 Å². The fourth-order valence-electron chi connectivity index (χ4n) is 4.93. The van der Waals surface area contributed by atoms with E-state index < -0.39 is 0 Å². The number of nitrogens with zero attached hydrogens (tertiary/aromatic N) is 1. The number of hydrogen-bond acceptors (Lipinski definition) is 1. The average molecular weight is 436 g/mol. The molecule has 1 aliphatic heterocycles. The van der Waals surface area contributed by atoms with E-state index in [9.17, 15) is 4.79 Å². The predicted octanol–water partition coefficient (Wildman–Crippen LogP) is 9.46. The monoisotopic (exact) mass is 435 g/mol. The summed E-state index contributed by atoms with van der Waals surface area (Å²) in [7, 11) is 0. The molecule has 184 valence electrons. The second kappa shape index (κ2) is 21.3.